The Labute approximate surface area is 161 Å². The molecular weight excluding hydrogens is 381 g/mol. The molecule has 1 aromatic heterocycles. The molecule has 1 aliphatic heterocycles. The molecule has 0 radical (unpaired) electrons. The molecule has 0 aliphatic carbocycles. The Morgan fingerprint density at radius 2 is 2.04 bits per heavy atom. The molecule has 134 valence electrons. The van der Waals surface area contributed by atoms with E-state index in [4.69, 9.17) is 27.9 Å². The smallest absolute Gasteiger partial charge is 0.248 e. The third-order valence-corrected chi connectivity index (χ3v) is 5.39. The second-order valence-corrected chi connectivity index (χ2v) is 7.72. The molecule has 0 saturated carbocycles. The van der Waals surface area contributed by atoms with Gasteiger partial charge >= 0.3 is 0 Å². The zero-order chi connectivity index (χ0) is 17.8. The minimum Gasteiger partial charge on any atom is -0.367 e. The van der Waals surface area contributed by atoms with E-state index < -0.39 is 0 Å². The number of halogens is 2. The first-order chi connectivity index (χ1) is 12.0. The third kappa shape index (κ3) is 4.85. The molecule has 1 saturated heterocycles. The van der Waals surface area contributed by atoms with Crippen molar-refractivity contribution in [3.8, 4) is 0 Å². The van der Waals surface area contributed by atoms with E-state index in [1.807, 2.05) is 29.3 Å². The number of carbonyl (C=O) groups is 1. The fourth-order valence-corrected chi connectivity index (χ4v) is 3.87. The predicted octanol–water partition coefficient (Wildman–Crippen LogP) is 3.62. The van der Waals surface area contributed by atoms with E-state index in [9.17, 15) is 4.79 Å². The summed E-state index contributed by atoms with van der Waals surface area (Å²) in [6.07, 6.45) is 0. The first kappa shape index (κ1) is 18.5. The van der Waals surface area contributed by atoms with Crippen LogP contribution in [0.5, 0.6) is 0 Å². The van der Waals surface area contributed by atoms with Crippen molar-refractivity contribution in [2.45, 2.75) is 13.5 Å². The van der Waals surface area contributed by atoms with Gasteiger partial charge in [0.25, 0.3) is 0 Å². The number of anilines is 1. The van der Waals surface area contributed by atoms with Crippen molar-refractivity contribution in [3.05, 3.63) is 44.3 Å². The quantitative estimate of drug-likeness (QED) is 0.769. The summed E-state index contributed by atoms with van der Waals surface area (Å²) in [6.45, 7) is 5.17. The fraction of sp³-hybridized carbons (Fsp3) is 0.412. The highest BCUT2D eigenvalue weighted by Gasteiger charge is 2.22. The van der Waals surface area contributed by atoms with Crippen LogP contribution in [0.25, 0.3) is 0 Å². The van der Waals surface area contributed by atoms with Gasteiger partial charge in [-0.2, -0.15) is 0 Å². The van der Waals surface area contributed by atoms with Crippen molar-refractivity contribution >= 4 is 46.1 Å². The molecule has 0 unspecified atom stereocenters. The molecule has 2 heterocycles. The van der Waals surface area contributed by atoms with Crippen LogP contribution < -0.4 is 4.90 Å². The Morgan fingerprint density at radius 3 is 2.68 bits per heavy atom. The van der Waals surface area contributed by atoms with Crippen molar-refractivity contribution in [1.82, 2.24) is 9.88 Å². The standard InChI is InChI=1S/C17H19Cl2N3O2S/c1-12-20-14(11-25-12)9-24-10-17(23)22-6-4-21(5-7-22)16-3-2-13(18)8-15(16)19/h2-3,8,11H,4-7,9-10H2,1H3. The van der Waals surface area contributed by atoms with Gasteiger partial charge in [-0.1, -0.05) is 23.2 Å². The zero-order valence-corrected chi connectivity index (χ0v) is 16.2. The lowest BCUT2D eigenvalue weighted by atomic mass is 10.2. The van der Waals surface area contributed by atoms with Gasteiger partial charge in [0.1, 0.15) is 6.61 Å². The van der Waals surface area contributed by atoms with Gasteiger partial charge in [-0.05, 0) is 25.1 Å². The molecule has 1 fully saturated rings. The molecule has 5 nitrogen and oxygen atoms in total. The average Bonchev–Trinajstić information content (AvgIpc) is 3.00. The molecular formula is C17H19Cl2N3O2S. The maximum Gasteiger partial charge on any atom is 0.248 e. The summed E-state index contributed by atoms with van der Waals surface area (Å²) in [4.78, 5) is 20.6. The molecule has 3 rings (SSSR count). The number of nitrogens with zero attached hydrogens (tertiary/aromatic N) is 3. The highest BCUT2D eigenvalue weighted by atomic mass is 35.5. The van der Waals surface area contributed by atoms with E-state index >= 15 is 0 Å². The summed E-state index contributed by atoms with van der Waals surface area (Å²) in [5.41, 5.74) is 1.82. The van der Waals surface area contributed by atoms with E-state index in [-0.39, 0.29) is 12.5 Å². The topological polar surface area (TPSA) is 45.7 Å². The molecule has 8 heteroatoms. The van der Waals surface area contributed by atoms with Gasteiger partial charge in [0, 0.05) is 36.6 Å². The van der Waals surface area contributed by atoms with Crippen molar-refractivity contribution < 1.29 is 9.53 Å². The summed E-state index contributed by atoms with van der Waals surface area (Å²) in [6, 6.07) is 5.49. The number of hydrogen-bond donors (Lipinski definition) is 0. The lowest BCUT2D eigenvalue weighted by Gasteiger charge is -2.36. The molecule has 0 bridgehead atoms. The summed E-state index contributed by atoms with van der Waals surface area (Å²) in [5, 5.41) is 4.21. The first-order valence-electron chi connectivity index (χ1n) is 7.99. The second-order valence-electron chi connectivity index (χ2n) is 5.81. The van der Waals surface area contributed by atoms with E-state index in [1.165, 1.54) is 0 Å². The van der Waals surface area contributed by atoms with Crippen molar-refractivity contribution in [3.63, 3.8) is 0 Å². The molecule has 0 N–H and O–H groups in total. The third-order valence-electron chi connectivity index (χ3n) is 4.02. The van der Waals surface area contributed by atoms with Gasteiger partial charge in [-0.15, -0.1) is 11.3 Å². The van der Waals surface area contributed by atoms with Gasteiger partial charge in [-0.25, -0.2) is 4.98 Å². The van der Waals surface area contributed by atoms with Gasteiger partial charge in [0.15, 0.2) is 0 Å². The number of aryl methyl sites for hydroxylation is 1. The molecule has 2 aromatic rings. The average molecular weight is 400 g/mol. The Bertz CT molecular complexity index is 745. The maximum absolute atomic E-state index is 12.3. The van der Waals surface area contributed by atoms with Crippen LogP contribution in [0.1, 0.15) is 10.7 Å². The summed E-state index contributed by atoms with van der Waals surface area (Å²) in [7, 11) is 0. The van der Waals surface area contributed by atoms with Gasteiger partial charge in [-0.3, -0.25) is 4.79 Å². The molecule has 0 atom stereocenters. The van der Waals surface area contributed by atoms with Crippen LogP contribution in [0.2, 0.25) is 10.0 Å². The Kier molecular flexibility index (Phi) is 6.17. The van der Waals surface area contributed by atoms with Crippen LogP contribution in [0.3, 0.4) is 0 Å². The minimum absolute atomic E-state index is 0.00815. The van der Waals surface area contributed by atoms with Crippen LogP contribution in [-0.4, -0.2) is 48.6 Å². The van der Waals surface area contributed by atoms with Crippen LogP contribution in [0, 0.1) is 6.92 Å². The Balaban J connectivity index is 1.45. The van der Waals surface area contributed by atoms with Crippen LogP contribution in [-0.2, 0) is 16.1 Å². The number of thiazole rings is 1. The number of hydrogen-bond acceptors (Lipinski definition) is 5. The second kappa shape index (κ2) is 8.36. The first-order valence-corrected chi connectivity index (χ1v) is 9.63. The predicted molar refractivity (Wildman–Crippen MR) is 102 cm³/mol. The van der Waals surface area contributed by atoms with Gasteiger partial charge < -0.3 is 14.5 Å². The SMILES string of the molecule is Cc1nc(COCC(=O)N2CCN(c3ccc(Cl)cc3Cl)CC2)cs1. The fourth-order valence-electron chi connectivity index (χ4n) is 2.74. The van der Waals surface area contributed by atoms with Gasteiger partial charge in [0.2, 0.25) is 5.91 Å². The van der Waals surface area contributed by atoms with Gasteiger partial charge in [0.05, 0.1) is 28.0 Å². The number of aromatic nitrogens is 1. The highest BCUT2D eigenvalue weighted by Crippen LogP contribution is 2.29. The number of ether oxygens (including phenoxy) is 1. The Hall–Kier alpha value is -1.34. The molecule has 25 heavy (non-hydrogen) atoms. The monoisotopic (exact) mass is 399 g/mol. The summed E-state index contributed by atoms with van der Waals surface area (Å²) < 4.78 is 5.50. The lowest BCUT2D eigenvalue weighted by Crippen LogP contribution is -2.49. The number of rotatable bonds is 5. The van der Waals surface area contributed by atoms with Crippen LogP contribution >= 0.6 is 34.5 Å². The van der Waals surface area contributed by atoms with Crippen molar-refractivity contribution in [1.29, 1.82) is 0 Å². The summed E-state index contributed by atoms with van der Waals surface area (Å²) >= 11 is 13.8. The zero-order valence-electron chi connectivity index (χ0n) is 13.9. The maximum atomic E-state index is 12.3. The normalized spacial score (nSPS) is 14.8. The Morgan fingerprint density at radius 1 is 1.28 bits per heavy atom. The van der Waals surface area contributed by atoms with E-state index in [1.54, 1.807) is 17.4 Å². The molecule has 1 amide bonds. The number of amides is 1. The number of piperazine rings is 1. The largest absolute Gasteiger partial charge is 0.367 e. The number of carbonyl (C=O) groups excluding carboxylic acids is 1. The highest BCUT2D eigenvalue weighted by molar-refractivity contribution is 7.09. The van der Waals surface area contributed by atoms with Crippen LogP contribution in [0.15, 0.2) is 23.6 Å². The minimum atomic E-state index is 0.00815. The van der Waals surface area contributed by atoms with Crippen molar-refractivity contribution in [2.75, 3.05) is 37.7 Å². The molecule has 1 aromatic carbocycles. The van der Waals surface area contributed by atoms with E-state index in [2.05, 4.69) is 9.88 Å². The summed E-state index contributed by atoms with van der Waals surface area (Å²) in [5.74, 6) is 0.00815. The van der Waals surface area contributed by atoms with Crippen LogP contribution in [0.4, 0.5) is 5.69 Å². The lowest BCUT2D eigenvalue weighted by molar-refractivity contribution is -0.136. The number of benzene rings is 1. The van der Waals surface area contributed by atoms with Crippen molar-refractivity contribution in [2.24, 2.45) is 0 Å². The van der Waals surface area contributed by atoms with E-state index in [0.717, 1.165) is 29.5 Å². The molecule has 0 spiro atoms. The van der Waals surface area contributed by atoms with E-state index in [0.29, 0.717) is 29.7 Å². The molecule has 1 aliphatic rings.